The largest absolute Gasteiger partial charge is 0.508 e. The molecule has 0 amide bonds. The van der Waals surface area contributed by atoms with Crippen LogP contribution < -0.4 is 0 Å². The van der Waals surface area contributed by atoms with Gasteiger partial charge in [0.2, 0.25) is 0 Å². The fourth-order valence-corrected chi connectivity index (χ4v) is 4.99. The molecule has 0 saturated heterocycles. The van der Waals surface area contributed by atoms with E-state index in [0.717, 1.165) is 12.2 Å². The minimum atomic E-state index is -0.298. The molecule has 0 fully saturated rings. The molecule has 0 radical (unpaired) electrons. The summed E-state index contributed by atoms with van der Waals surface area (Å²) in [6, 6.07) is 25.2. The third-order valence-corrected chi connectivity index (χ3v) is 6.17. The molecule has 2 aliphatic carbocycles. The van der Waals surface area contributed by atoms with Crippen LogP contribution in [-0.4, -0.2) is 12.2 Å². The Kier molecular flexibility index (Phi) is 3.87. The number of allylic oxidation sites excluding steroid dienone is 3. The third kappa shape index (κ3) is 2.27. The van der Waals surface area contributed by atoms with Crippen LogP contribution in [0, 0.1) is 5.92 Å². The first-order valence-electron chi connectivity index (χ1n) is 9.66. The number of rotatable bonds is 3. The molecule has 2 heteroatoms. The minimum Gasteiger partial charge on any atom is -0.508 e. The first-order valence-corrected chi connectivity index (χ1v) is 9.66. The van der Waals surface area contributed by atoms with Crippen LogP contribution in [0.5, 0.6) is 5.75 Å². The van der Waals surface area contributed by atoms with Crippen LogP contribution >= 0.6 is 0 Å². The molecule has 2 aliphatic rings. The van der Waals surface area contributed by atoms with Crippen molar-refractivity contribution < 1.29 is 9.84 Å². The van der Waals surface area contributed by atoms with Crippen molar-refractivity contribution in [3.63, 3.8) is 0 Å². The van der Waals surface area contributed by atoms with Crippen molar-refractivity contribution in [3.8, 4) is 16.9 Å². The molecule has 3 aromatic carbocycles. The van der Waals surface area contributed by atoms with Gasteiger partial charge in [-0.3, -0.25) is 0 Å². The SMILES string of the molecule is COC1=CCC(C2(c3ccc(O)cc3)c3ccccc3-c3ccccc32)C=C1. The standard InChI is InChI=1S/C26H22O2/c1-28-21-16-12-19(13-17-21)26(18-10-14-20(27)15-11-18)24-8-4-2-6-22(24)23-7-3-5-9-25(23)26/h2-12,14-17,19,27H,13H2,1H3. The molecule has 0 spiro atoms. The van der Waals surface area contributed by atoms with Crippen LogP contribution in [0.2, 0.25) is 0 Å². The summed E-state index contributed by atoms with van der Waals surface area (Å²) >= 11 is 0. The van der Waals surface area contributed by atoms with E-state index in [1.54, 1.807) is 19.2 Å². The molecule has 0 aromatic heterocycles. The number of aromatic hydroxyl groups is 1. The molecule has 28 heavy (non-hydrogen) atoms. The van der Waals surface area contributed by atoms with E-state index in [1.807, 2.05) is 0 Å². The Bertz CT molecular complexity index is 1040. The Morgan fingerprint density at radius 3 is 2.00 bits per heavy atom. The fraction of sp³-hybridized carbons (Fsp3) is 0.154. The second-order valence-corrected chi connectivity index (χ2v) is 7.46. The molecule has 2 nitrogen and oxygen atoms in total. The van der Waals surface area contributed by atoms with E-state index in [1.165, 1.54) is 27.8 Å². The minimum absolute atomic E-state index is 0.251. The summed E-state index contributed by atoms with van der Waals surface area (Å²) in [4.78, 5) is 0. The van der Waals surface area contributed by atoms with Crippen LogP contribution in [0.3, 0.4) is 0 Å². The molecule has 1 N–H and O–H groups in total. The highest BCUT2D eigenvalue weighted by atomic mass is 16.5. The number of hydrogen-bond donors (Lipinski definition) is 1. The number of fused-ring (bicyclic) bond motifs is 3. The summed E-state index contributed by atoms with van der Waals surface area (Å²) in [5, 5.41) is 9.91. The molecule has 0 saturated carbocycles. The lowest BCUT2D eigenvalue weighted by molar-refractivity contribution is 0.298. The highest BCUT2D eigenvalue weighted by molar-refractivity contribution is 5.84. The Balaban J connectivity index is 1.82. The second kappa shape index (κ2) is 6.42. The average Bonchev–Trinajstić information content (AvgIpc) is 3.06. The van der Waals surface area contributed by atoms with Crippen molar-refractivity contribution >= 4 is 0 Å². The topological polar surface area (TPSA) is 29.5 Å². The van der Waals surface area contributed by atoms with Gasteiger partial charge < -0.3 is 9.84 Å². The molecule has 0 aliphatic heterocycles. The molecule has 5 rings (SSSR count). The smallest absolute Gasteiger partial charge is 0.115 e. The van der Waals surface area contributed by atoms with Gasteiger partial charge in [0.05, 0.1) is 12.5 Å². The number of benzene rings is 3. The van der Waals surface area contributed by atoms with Crippen molar-refractivity contribution in [3.05, 3.63) is 113 Å². The lowest BCUT2D eigenvalue weighted by atomic mass is 9.62. The first kappa shape index (κ1) is 16.9. The summed E-state index contributed by atoms with van der Waals surface area (Å²) in [6.07, 6.45) is 7.43. The van der Waals surface area contributed by atoms with E-state index in [0.29, 0.717) is 5.75 Å². The number of ether oxygens (including phenoxy) is 1. The average molecular weight is 366 g/mol. The zero-order valence-corrected chi connectivity index (χ0v) is 15.8. The van der Waals surface area contributed by atoms with Crippen LogP contribution in [0.25, 0.3) is 11.1 Å². The van der Waals surface area contributed by atoms with Gasteiger partial charge in [-0.15, -0.1) is 0 Å². The van der Waals surface area contributed by atoms with Gasteiger partial charge in [-0.25, -0.2) is 0 Å². The molecule has 0 bridgehead atoms. The van der Waals surface area contributed by atoms with Crippen molar-refractivity contribution in [2.24, 2.45) is 5.92 Å². The maximum absolute atomic E-state index is 9.91. The van der Waals surface area contributed by atoms with Crippen molar-refractivity contribution in [2.75, 3.05) is 7.11 Å². The van der Waals surface area contributed by atoms with Gasteiger partial charge in [-0.2, -0.15) is 0 Å². The molecular formula is C26H22O2. The molecule has 3 aromatic rings. The first-order chi connectivity index (χ1) is 13.7. The van der Waals surface area contributed by atoms with Gasteiger partial charge in [0.25, 0.3) is 0 Å². The maximum Gasteiger partial charge on any atom is 0.115 e. The Morgan fingerprint density at radius 1 is 0.857 bits per heavy atom. The maximum atomic E-state index is 9.91. The Morgan fingerprint density at radius 2 is 1.46 bits per heavy atom. The van der Waals surface area contributed by atoms with Gasteiger partial charge >= 0.3 is 0 Å². The van der Waals surface area contributed by atoms with E-state index in [2.05, 4.69) is 78.9 Å². The number of phenols is 1. The van der Waals surface area contributed by atoms with Gasteiger partial charge in [0.1, 0.15) is 11.5 Å². The van der Waals surface area contributed by atoms with Crippen LogP contribution in [0.1, 0.15) is 23.1 Å². The van der Waals surface area contributed by atoms with Gasteiger partial charge in [0, 0.05) is 0 Å². The molecule has 1 unspecified atom stereocenters. The summed E-state index contributed by atoms with van der Waals surface area (Å²) < 4.78 is 5.44. The predicted molar refractivity (Wildman–Crippen MR) is 112 cm³/mol. The van der Waals surface area contributed by atoms with Crippen molar-refractivity contribution in [1.29, 1.82) is 0 Å². The number of hydrogen-bond acceptors (Lipinski definition) is 2. The Hall–Kier alpha value is -3.26. The fourth-order valence-electron chi connectivity index (χ4n) is 4.99. The predicted octanol–water partition coefficient (Wildman–Crippen LogP) is 5.81. The highest BCUT2D eigenvalue weighted by Gasteiger charge is 2.49. The van der Waals surface area contributed by atoms with Gasteiger partial charge in [0.15, 0.2) is 0 Å². The quantitative estimate of drug-likeness (QED) is 0.633. The van der Waals surface area contributed by atoms with Crippen molar-refractivity contribution in [2.45, 2.75) is 11.8 Å². The normalized spacial score (nSPS) is 18.9. The zero-order valence-electron chi connectivity index (χ0n) is 15.8. The molecular weight excluding hydrogens is 344 g/mol. The molecule has 0 heterocycles. The third-order valence-electron chi connectivity index (χ3n) is 6.17. The summed E-state index contributed by atoms with van der Waals surface area (Å²) in [7, 11) is 1.71. The lowest BCUT2D eigenvalue weighted by Crippen LogP contribution is -2.35. The second-order valence-electron chi connectivity index (χ2n) is 7.46. The van der Waals surface area contributed by atoms with E-state index in [9.17, 15) is 5.11 Å². The lowest BCUT2D eigenvalue weighted by Gasteiger charge is -2.40. The summed E-state index contributed by atoms with van der Waals surface area (Å²) in [6.45, 7) is 0. The summed E-state index contributed by atoms with van der Waals surface area (Å²) in [5.41, 5.74) is 6.14. The van der Waals surface area contributed by atoms with Gasteiger partial charge in [-0.1, -0.05) is 66.7 Å². The highest BCUT2D eigenvalue weighted by Crippen LogP contribution is 2.57. The van der Waals surface area contributed by atoms with E-state index in [-0.39, 0.29) is 11.3 Å². The molecule has 138 valence electrons. The van der Waals surface area contributed by atoms with Crippen molar-refractivity contribution in [1.82, 2.24) is 0 Å². The van der Waals surface area contributed by atoms with Crippen LogP contribution in [-0.2, 0) is 10.2 Å². The van der Waals surface area contributed by atoms with E-state index < -0.39 is 0 Å². The van der Waals surface area contributed by atoms with Crippen LogP contribution in [0.15, 0.2) is 96.8 Å². The monoisotopic (exact) mass is 366 g/mol. The number of phenolic OH excluding ortho intramolecular Hbond substituents is 1. The van der Waals surface area contributed by atoms with E-state index >= 15 is 0 Å². The summed E-state index contributed by atoms with van der Waals surface area (Å²) in [5.74, 6) is 1.46. The Labute approximate surface area is 165 Å². The van der Waals surface area contributed by atoms with E-state index in [4.69, 9.17) is 4.74 Å². The zero-order chi connectivity index (χ0) is 19.1. The van der Waals surface area contributed by atoms with Gasteiger partial charge in [-0.05, 0) is 64.4 Å². The molecule has 1 atom stereocenters. The van der Waals surface area contributed by atoms with Crippen LogP contribution in [0.4, 0.5) is 0 Å². The number of methoxy groups -OCH3 is 1.